The number of benzene rings is 1. The summed E-state index contributed by atoms with van der Waals surface area (Å²) in [6.07, 6.45) is 3.42. The van der Waals surface area contributed by atoms with Gasteiger partial charge in [-0.15, -0.1) is 0 Å². The number of halogens is 2. The molecule has 1 unspecified atom stereocenters. The second kappa shape index (κ2) is 6.62. The highest BCUT2D eigenvalue weighted by molar-refractivity contribution is 6.30. The number of carbonyl (C=O) groups excluding carboxylic acids is 1. The molecule has 0 bridgehead atoms. The van der Waals surface area contributed by atoms with Crippen LogP contribution in [0.25, 0.3) is 0 Å². The third-order valence-corrected chi connectivity index (χ3v) is 4.19. The molecule has 0 heterocycles. The SMILES string of the molecule is CC(NC(=O)NCC1(O)CCCC1)c1ccc(F)c(Cl)c1. The fourth-order valence-corrected chi connectivity index (χ4v) is 2.76. The molecule has 0 spiro atoms. The zero-order valence-electron chi connectivity index (χ0n) is 12.0. The number of hydrogen-bond donors (Lipinski definition) is 3. The van der Waals surface area contributed by atoms with Crippen molar-refractivity contribution in [3.05, 3.63) is 34.6 Å². The fraction of sp³-hybridized carbons (Fsp3) is 0.533. The van der Waals surface area contributed by atoms with Crippen molar-refractivity contribution in [3.63, 3.8) is 0 Å². The molecule has 1 fully saturated rings. The Morgan fingerprint density at radius 2 is 2.14 bits per heavy atom. The molecule has 4 nitrogen and oxygen atoms in total. The van der Waals surface area contributed by atoms with E-state index >= 15 is 0 Å². The van der Waals surface area contributed by atoms with Gasteiger partial charge in [-0.25, -0.2) is 9.18 Å². The first-order valence-corrected chi connectivity index (χ1v) is 7.49. The molecule has 1 aliphatic carbocycles. The summed E-state index contributed by atoms with van der Waals surface area (Å²) in [6, 6.07) is 3.68. The summed E-state index contributed by atoms with van der Waals surface area (Å²) in [4.78, 5) is 11.8. The first-order valence-electron chi connectivity index (χ1n) is 7.11. The molecule has 2 rings (SSSR count). The van der Waals surface area contributed by atoms with Crippen LogP contribution in [0.5, 0.6) is 0 Å². The summed E-state index contributed by atoms with van der Waals surface area (Å²) in [5.41, 5.74) is -0.0594. The summed E-state index contributed by atoms with van der Waals surface area (Å²) >= 11 is 5.72. The number of hydrogen-bond acceptors (Lipinski definition) is 2. The topological polar surface area (TPSA) is 61.4 Å². The van der Waals surface area contributed by atoms with Crippen LogP contribution in [0.2, 0.25) is 5.02 Å². The Bertz CT molecular complexity index is 518. The van der Waals surface area contributed by atoms with Crippen molar-refractivity contribution in [2.24, 2.45) is 0 Å². The number of carbonyl (C=O) groups is 1. The van der Waals surface area contributed by atoms with E-state index in [1.54, 1.807) is 13.0 Å². The van der Waals surface area contributed by atoms with E-state index in [-0.39, 0.29) is 23.6 Å². The van der Waals surface area contributed by atoms with E-state index in [4.69, 9.17) is 11.6 Å². The van der Waals surface area contributed by atoms with Gasteiger partial charge in [0.15, 0.2) is 0 Å². The van der Waals surface area contributed by atoms with Crippen molar-refractivity contribution in [2.45, 2.75) is 44.2 Å². The second-order valence-corrected chi connectivity index (χ2v) is 6.06. The quantitative estimate of drug-likeness (QED) is 0.799. The first kappa shape index (κ1) is 16.0. The minimum Gasteiger partial charge on any atom is -0.388 e. The van der Waals surface area contributed by atoms with Gasteiger partial charge in [0.1, 0.15) is 5.82 Å². The van der Waals surface area contributed by atoms with Gasteiger partial charge >= 0.3 is 6.03 Å². The van der Waals surface area contributed by atoms with Gasteiger partial charge in [0.2, 0.25) is 0 Å². The first-order chi connectivity index (χ1) is 9.89. The second-order valence-electron chi connectivity index (χ2n) is 5.65. The predicted molar refractivity (Wildman–Crippen MR) is 79.8 cm³/mol. The monoisotopic (exact) mass is 314 g/mol. The zero-order valence-corrected chi connectivity index (χ0v) is 12.7. The summed E-state index contributed by atoms with van der Waals surface area (Å²) in [5.74, 6) is -0.486. The lowest BCUT2D eigenvalue weighted by molar-refractivity contribution is 0.0500. The Labute approximate surface area is 128 Å². The molecular weight excluding hydrogens is 295 g/mol. The molecular formula is C15H20ClFN2O2. The number of nitrogens with one attached hydrogen (secondary N) is 2. The number of aliphatic hydroxyl groups is 1. The predicted octanol–water partition coefficient (Wildman–Crippen LogP) is 3.14. The average Bonchev–Trinajstić information content (AvgIpc) is 2.87. The van der Waals surface area contributed by atoms with Crippen molar-refractivity contribution >= 4 is 17.6 Å². The summed E-state index contributed by atoms with van der Waals surface area (Å²) in [7, 11) is 0. The van der Waals surface area contributed by atoms with Crippen LogP contribution in [-0.2, 0) is 0 Å². The highest BCUT2D eigenvalue weighted by atomic mass is 35.5. The third kappa shape index (κ3) is 4.32. The van der Waals surface area contributed by atoms with Crippen LogP contribution >= 0.6 is 11.6 Å². The van der Waals surface area contributed by atoms with Crippen molar-refractivity contribution in [1.29, 1.82) is 0 Å². The maximum atomic E-state index is 13.1. The molecule has 1 aromatic carbocycles. The van der Waals surface area contributed by atoms with E-state index in [9.17, 15) is 14.3 Å². The maximum absolute atomic E-state index is 13.1. The molecule has 0 aromatic heterocycles. The molecule has 1 atom stereocenters. The largest absolute Gasteiger partial charge is 0.388 e. The van der Waals surface area contributed by atoms with E-state index in [0.29, 0.717) is 0 Å². The molecule has 0 aliphatic heterocycles. The van der Waals surface area contributed by atoms with Gasteiger partial charge < -0.3 is 15.7 Å². The lowest BCUT2D eigenvalue weighted by Crippen LogP contribution is -2.45. The number of amides is 2. The van der Waals surface area contributed by atoms with Crippen LogP contribution in [0.1, 0.15) is 44.2 Å². The van der Waals surface area contributed by atoms with E-state index < -0.39 is 11.4 Å². The van der Waals surface area contributed by atoms with Crippen molar-refractivity contribution in [1.82, 2.24) is 10.6 Å². The van der Waals surface area contributed by atoms with Gasteiger partial charge in [0.05, 0.1) is 16.7 Å². The van der Waals surface area contributed by atoms with E-state index in [2.05, 4.69) is 10.6 Å². The van der Waals surface area contributed by atoms with Gasteiger partial charge in [0.25, 0.3) is 0 Å². The van der Waals surface area contributed by atoms with E-state index in [0.717, 1.165) is 31.2 Å². The van der Waals surface area contributed by atoms with E-state index in [1.165, 1.54) is 12.1 Å². The molecule has 1 aromatic rings. The van der Waals surface area contributed by atoms with Gasteiger partial charge in [-0.2, -0.15) is 0 Å². The highest BCUT2D eigenvalue weighted by Crippen LogP contribution is 2.28. The Balaban J connectivity index is 1.85. The van der Waals surface area contributed by atoms with Gasteiger partial charge in [-0.1, -0.05) is 30.5 Å². The number of urea groups is 1. The van der Waals surface area contributed by atoms with Gasteiger partial charge in [0, 0.05) is 6.54 Å². The Morgan fingerprint density at radius 3 is 2.76 bits per heavy atom. The third-order valence-electron chi connectivity index (χ3n) is 3.90. The maximum Gasteiger partial charge on any atom is 0.315 e. The highest BCUT2D eigenvalue weighted by Gasteiger charge is 2.31. The summed E-state index contributed by atoms with van der Waals surface area (Å²) in [6.45, 7) is 2.03. The zero-order chi connectivity index (χ0) is 15.5. The molecule has 21 heavy (non-hydrogen) atoms. The van der Waals surface area contributed by atoms with Crippen molar-refractivity contribution in [2.75, 3.05) is 6.54 Å². The van der Waals surface area contributed by atoms with Gasteiger partial charge in [-0.3, -0.25) is 0 Å². The molecule has 0 saturated heterocycles. The molecule has 116 valence electrons. The van der Waals surface area contributed by atoms with Gasteiger partial charge in [-0.05, 0) is 37.5 Å². The van der Waals surface area contributed by atoms with Crippen molar-refractivity contribution < 1.29 is 14.3 Å². The molecule has 3 N–H and O–H groups in total. The summed E-state index contributed by atoms with van der Waals surface area (Å²) < 4.78 is 13.1. The van der Waals surface area contributed by atoms with Crippen LogP contribution in [0.4, 0.5) is 9.18 Å². The molecule has 1 saturated carbocycles. The Hall–Kier alpha value is -1.33. The standard InChI is InChI=1S/C15H20ClFN2O2/c1-10(11-4-5-13(17)12(16)8-11)19-14(20)18-9-15(21)6-2-3-7-15/h4-5,8,10,21H,2-3,6-7,9H2,1H3,(H2,18,19,20). The van der Waals surface area contributed by atoms with E-state index in [1.807, 2.05) is 0 Å². The minimum atomic E-state index is -0.778. The normalized spacial score (nSPS) is 18.3. The lowest BCUT2D eigenvalue weighted by Gasteiger charge is -2.23. The van der Waals surface area contributed by atoms with Crippen LogP contribution in [0.3, 0.4) is 0 Å². The molecule has 0 radical (unpaired) electrons. The average molecular weight is 315 g/mol. The van der Waals surface area contributed by atoms with Crippen molar-refractivity contribution in [3.8, 4) is 0 Å². The lowest BCUT2D eigenvalue weighted by atomic mass is 10.0. The molecule has 2 amide bonds. The van der Waals surface area contributed by atoms with Crippen LogP contribution in [-0.4, -0.2) is 23.3 Å². The summed E-state index contributed by atoms with van der Waals surface area (Å²) in [5, 5.41) is 15.6. The minimum absolute atomic E-state index is 0.0295. The molecule has 1 aliphatic rings. The van der Waals surface area contributed by atoms with Crippen LogP contribution < -0.4 is 10.6 Å². The Kier molecular flexibility index (Phi) is 5.06. The molecule has 6 heteroatoms. The van der Waals surface area contributed by atoms with Crippen LogP contribution in [0, 0.1) is 5.82 Å². The van der Waals surface area contributed by atoms with Crippen LogP contribution in [0.15, 0.2) is 18.2 Å². The smallest absolute Gasteiger partial charge is 0.315 e. The fourth-order valence-electron chi connectivity index (χ4n) is 2.57. The number of rotatable bonds is 4. The Morgan fingerprint density at radius 1 is 1.48 bits per heavy atom.